The van der Waals surface area contributed by atoms with Gasteiger partial charge in [0.25, 0.3) is 0 Å². The molecule has 0 bridgehead atoms. The van der Waals surface area contributed by atoms with Crippen molar-refractivity contribution in [3.05, 3.63) is 0 Å². The first-order valence-corrected chi connectivity index (χ1v) is 6.16. The van der Waals surface area contributed by atoms with E-state index >= 15 is 0 Å². The second kappa shape index (κ2) is 4.84. The van der Waals surface area contributed by atoms with Gasteiger partial charge < -0.3 is 4.90 Å². The highest BCUT2D eigenvalue weighted by atomic mass is 32.1. The lowest BCUT2D eigenvalue weighted by molar-refractivity contribution is 0.197. The van der Waals surface area contributed by atoms with Crippen molar-refractivity contribution in [2.45, 2.75) is 24.5 Å². The van der Waals surface area contributed by atoms with Crippen molar-refractivity contribution in [1.29, 1.82) is 0 Å². The topological polar surface area (TPSA) is 32.5 Å². The molecule has 0 spiro atoms. The molecule has 2 saturated heterocycles. The van der Waals surface area contributed by atoms with Crippen LogP contribution in [0.4, 0.5) is 0 Å². The molecule has 1 unspecified atom stereocenters. The molecule has 14 heavy (non-hydrogen) atoms. The number of hydrazine groups is 1. The summed E-state index contributed by atoms with van der Waals surface area (Å²) in [5.41, 5.74) is 0. The van der Waals surface area contributed by atoms with Crippen LogP contribution < -0.4 is 5.84 Å². The number of hydrogen-bond donors (Lipinski definition) is 2. The monoisotopic (exact) mass is 215 g/mol. The molecule has 2 aliphatic heterocycles. The molecule has 2 fully saturated rings. The second-order valence-corrected chi connectivity index (χ2v) is 5.41. The zero-order chi connectivity index (χ0) is 9.97. The molecule has 1 atom stereocenters. The van der Waals surface area contributed by atoms with Crippen LogP contribution in [-0.2, 0) is 0 Å². The van der Waals surface area contributed by atoms with Crippen molar-refractivity contribution in [3.63, 3.8) is 0 Å². The fourth-order valence-corrected chi connectivity index (χ4v) is 2.71. The average Bonchev–Trinajstić information content (AvgIpc) is 2.56. The Kier molecular flexibility index (Phi) is 3.71. The van der Waals surface area contributed by atoms with Crippen LogP contribution in [0.3, 0.4) is 0 Å². The number of thiol groups is 1. The van der Waals surface area contributed by atoms with Gasteiger partial charge in [-0.15, -0.1) is 0 Å². The maximum absolute atomic E-state index is 5.75. The smallest absolute Gasteiger partial charge is 0.0169 e. The number of nitrogens with zero attached hydrogens (tertiary/aromatic N) is 2. The molecule has 0 aromatic heterocycles. The molecule has 2 heterocycles. The predicted octanol–water partition coefficient (Wildman–Crippen LogP) is 0.576. The Bertz CT molecular complexity index is 180. The van der Waals surface area contributed by atoms with Gasteiger partial charge in [-0.3, -0.25) is 5.84 Å². The van der Waals surface area contributed by atoms with E-state index in [0.717, 1.165) is 19.0 Å². The minimum atomic E-state index is 0.640. The molecule has 0 radical (unpaired) electrons. The number of hydrogen-bond acceptors (Lipinski definition) is 4. The third-order valence-corrected chi connectivity index (χ3v) is 3.91. The molecule has 0 saturated carbocycles. The Hall–Kier alpha value is 0.230. The lowest BCUT2D eigenvalue weighted by Gasteiger charge is -2.31. The number of rotatable bonds is 2. The summed E-state index contributed by atoms with van der Waals surface area (Å²) in [5.74, 6) is 6.56. The average molecular weight is 215 g/mol. The van der Waals surface area contributed by atoms with E-state index in [-0.39, 0.29) is 0 Å². The first-order valence-electron chi connectivity index (χ1n) is 5.64. The molecule has 2 rings (SSSR count). The molecule has 0 aromatic carbocycles. The van der Waals surface area contributed by atoms with E-state index in [9.17, 15) is 0 Å². The first-order chi connectivity index (χ1) is 6.74. The Morgan fingerprint density at radius 1 is 1.14 bits per heavy atom. The Labute approximate surface area is 92.0 Å². The number of piperidine rings is 1. The van der Waals surface area contributed by atoms with E-state index < -0.39 is 0 Å². The van der Waals surface area contributed by atoms with Crippen molar-refractivity contribution < 1.29 is 0 Å². The van der Waals surface area contributed by atoms with E-state index in [2.05, 4.69) is 17.5 Å². The summed E-state index contributed by atoms with van der Waals surface area (Å²) in [5, 5.41) is 2.59. The largest absolute Gasteiger partial charge is 0.303 e. The van der Waals surface area contributed by atoms with Crippen molar-refractivity contribution in [3.8, 4) is 0 Å². The summed E-state index contributed by atoms with van der Waals surface area (Å²) in [6, 6.07) is 0. The Morgan fingerprint density at radius 2 is 1.86 bits per heavy atom. The number of nitrogens with two attached hydrogens (primary N) is 1. The van der Waals surface area contributed by atoms with Crippen molar-refractivity contribution in [2.24, 2.45) is 11.8 Å². The molecule has 82 valence electrons. The minimum absolute atomic E-state index is 0.640. The van der Waals surface area contributed by atoms with Gasteiger partial charge in [0.2, 0.25) is 0 Å². The molecular formula is C10H21N3S. The Balaban J connectivity index is 1.70. The molecular weight excluding hydrogens is 194 g/mol. The summed E-state index contributed by atoms with van der Waals surface area (Å²) in [4.78, 5) is 2.58. The van der Waals surface area contributed by atoms with Crippen molar-refractivity contribution in [2.75, 3.05) is 32.7 Å². The van der Waals surface area contributed by atoms with E-state index in [1.54, 1.807) is 0 Å². The maximum atomic E-state index is 5.75. The zero-order valence-corrected chi connectivity index (χ0v) is 9.62. The summed E-state index contributed by atoms with van der Waals surface area (Å²) < 4.78 is 0. The molecule has 4 heteroatoms. The highest BCUT2D eigenvalue weighted by molar-refractivity contribution is 7.80. The maximum Gasteiger partial charge on any atom is 0.0169 e. The van der Waals surface area contributed by atoms with Crippen LogP contribution in [0.15, 0.2) is 0 Å². The molecule has 0 amide bonds. The van der Waals surface area contributed by atoms with Crippen LogP contribution in [0, 0.1) is 5.92 Å². The summed E-state index contributed by atoms with van der Waals surface area (Å²) in [6.45, 7) is 5.87. The first kappa shape index (κ1) is 10.7. The standard InChI is InChI=1S/C10H21N3S/c11-13-6-1-9(8-13)7-12-4-2-10(14)3-5-12/h9-10,14H,1-8,11H2. The van der Waals surface area contributed by atoms with Crippen LogP contribution in [0.5, 0.6) is 0 Å². The van der Waals surface area contributed by atoms with Gasteiger partial charge in [0.05, 0.1) is 0 Å². The van der Waals surface area contributed by atoms with Crippen LogP contribution in [0.1, 0.15) is 19.3 Å². The predicted molar refractivity (Wildman–Crippen MR) is 62.3 cm³/mol. The Morgan fingerprint density at radius 3 is 2.43 bits per heavy atom. The second-order valence-electron chi connectivity index (χ2n) is 4.68. The van der Waals surface area contributed by atoms with Crippen LogP contribution in [0.2, 0.25) is 0 Å². The molecule has 0 aliphatic carbocycles. The fourth-order valence-electron chi connectivity index (χ4n) is 2.48. The molecule has 2 N–H and O–H groups in total. The van der Waals surface area contributed by atoms with Crippen LogP contribution in [0.25, 0.3) is 0 Å². The quantitative estimate of drug-likeness (QED) is 0.522. The summed E-state index contributed by atoms with van der Waals surface area (Å²) in [6.07, 6.45) is 3.78. The van der Waals surface area contributed by atoms with Gasteiger partial charge in [0.15, 0.2) is 0 Å². The van der Waals surface area contributed by atoms with E-state index in [4.69, 9.17) is 5.84 Å². The molecule has 3 nitrogen and oxygen atoms in total. The molecule has 2 aliphatic rings. The van der Waals surface area contributed by atoms with Gasteiger partial charge in [-0.05, 0) is 38.3 Å². The van der Waals surface area contributed by atoms with E-state index in [1.807, 2.05) is 5.01 Å². The van der Waals surface area contributed by atoms with Crippen LogP contribution >= 0.6 is 12.6 Å². The third-order valence-electron chi connectivity index (χ3n) is 3.39. The van der Waals surface area contributed by atoms with Gasteiger partial charge in [-0.1, -0.05) is 0 Å². The van der Waals surface area contributed by atoms with Crippen molar-refractivity contribution in [1.82, 2.24) is 9.91 Å². The van der Waals surface area contributed by atoms with Gasteiger partial charge in [0.1, 0.15) is 0 Å². The van der Waals surface area contributed by atoms with Crippen molar-refractivity contribution >= 4 is 12.6 Å². The lowest BCUT2D eigenvalue weighted by Crippen LogP contribution is -2.38. The van der Waals surface area contributed by atoms with Crippen LogP contribution in [-0.4, -0.2) is 47.9 Å². The van der Waals surface area contributed by atoms with E-state index in [1.165, 1.54) is 38.9 Å². The highest BCUT2D eigenvalue weighted by Gasteiger charge is 2.24. The lowest BCUT2D eigenvalue weighted by atomic mass is 10.1. The highest BCUT2D eigenvalue weighted by Crippen LogP contribution is 2.19. The normalized spacial score (nSPS) is 32.6. The SMILES string of the molecule is NN1CCC(CN2CCC(S)CC2)C1. The van der Waals surface area contributed by atoms with Gasteiger partial charge in [-0.25, -0.2) is 5.01 Å². The minimum Gasteiger partial charge on any atom is -0.303 e. The van der Waals surface area contributed by atoms with E-state index in [0.29, 0.717) is 5.25 Å². The fraction of sp³-hybridized carbons (Fsp3) is 1.00. The zero-order valence-electron chi connectivity index (χ0n) is 8.73. The molecule has 0 aromatic rings. The van der Waals surface area contributed by atoms with Gasteiger partial charge in [-0.2, -0.15) is 12.6 Å². The van der Waals surface area contributed by atoms with Gasteiger partial charge in [0, 0.05) is 24.9 Å². The third kappa shape index (κ3) is 2.86. The number of likely N-dealkylation sites (tertiary alicyclic amines) is 1. The summed E-state index contributed by atoms with van der Waals surface area (Å²) >= 11 is 4.51. The van der Waals surface area contributed by atoms with Gasteiger partial charge >= 0.3 is 0 Å². The summed E-state index contributed by atoms with van der Waals surface area (Å²) in [7, 11) is 0.